The molecule has 5 fully saturated rings. The van der Waals surface area contributed by atoms with Crippen LogP contribution in [0.2, 0.25) is 0 Å². The van der Waals surface area contributed by atoms with E-state index in [-0.39, 0.29) is 40.8 Å². The van der Waals surface area contributed by atoms with Crippen LogP contribution in [0, 0.1) is 50.7 Å². The first-order chi connectivity index (χ1) is 16.2. The Kier molecular flexibility index (Phi) is 5.87. The highest BCUT2D eigenvalue weighted by Crippen LogP contribution is 2.89. The number of hydrogen-bond donors (Lipinski definition) is 4. The molecule has 0 aliphatic heterocycles. The zero-order valence-corrected chi connectivity index (χ0v) is 22.8. The van der Waals surface area contributed by atoms with Gasteiger partial charge in [0.05, 0.1) is 12.2 Å². The molecule has 5 aliphatic rings. The van der Waals surface area contributed by atoms with Gasteiger partial charge in [-0.05, 0) is 115 Å². The molecule has 0 amide bonds. The van der Waals surface area contributed by atoms with Crippen molar-refractivity contribution in [1.29, 1.82) is 0 Å². The van der Waals surface area contributed by atoms with Crippen molar-refractivity contribution in [3.8, 4) is 0 Å². The lowest BCUT2D eigenvalue weighted by atomic mass is 9.41. The predicted octanol–water partition coefficient (Wildman–Crippen LogP) is 5.25. The number of aliphatic hydroxyl groups excluding tert-OH is 4. The van der Waals surface area contributed by atoms with Gasteiger partial charge in [0.25, 0.3) is 0 Å². The van der Waals surface area contributed by atoms with E-state index in [1.807, 2.05) is 0 Å². The van der Waals surface area contributed by atoms with E-state index in [9.17, 15) is 20.4 Å². The third-order valence-electron chi connectivity index (χ3n) is 13.5. The summed E-state index contributed by atoms with van der Waals surface area (Å²) in [5, 5.41) is 43.4. The lowest BCUT2D eigenvalue weighted by Gasteiger charge is -2.63. The molecule has 4 nitrogen and oxygen atoms in total. The van der Waals surface area contributed by atoms with Crippen LogP contribution in [-0.4, -0.2) is 45.3 Å². The van der Waals surface area contributed by atoms with Gasteiger partial charge in [-0.3, -0.25) is 0 Å². The van der Waals surface area contributed by atoms with Gasteiger partial charge in [-0.25, -0.2) is 0 Å². The fraction of sp³-hybridized carbons (Fsp3) is 0.871. The van der Waals surface area contributed by atoms with Gasteiger partial charge in [-0.2, -0.15) is 0 Å². The molecule has 0 aromatic carbocycles. The molecule has 5 aliphatic carbocycles. The molecule has 4 heteroatoms. The quantitative estimate of drug-likeness (QED) is 0.387. The monoisotopic (exact) mass is 486 g/mol. The van der Waals surface area contributed by atoms with Gasteiger partial charge < -0.3 is 20.4 Å². The Labute approximate surface area is 212 Å². The second-order valence-electron chi connectivity index (χ2n) is 14.6. The normalized spacial score (nSPS) is 50.1. The highest BCUT2D eigenvalue weighted by Gasteiger charge is 2.82. The number of hydrogen-bond acceptors (Lipinski definition) is 4. The zero-order valence-electron chi connectivity index (χ0n) is 22.8. The predicted molar refractivity (Wildman–Crippen MR) is 139 cm³/mol. The van der Waals surface area contributed by atoms with Crippen molar-refractivity contribution in [3.05, 3.63) is 24.3 Å². The van der Waals surface area contributed by atoms with Crippen molar-refractivity contribution in [1.82, 2.24) is 0 Å². The fourth-order valence-electron chi connectivity index (χ4n) is 11.2. The van der Waals surface area contributed by atoms with Crippen LogP contribution in [0.1, 0.15) is 92.4 Å². The maximum absolute atomic E-state index is 11.2. The minimum absolute atomic E-state index is 0.000493. The topological polar surface area (TPSA) is 80.9 Å². The number of aliphatic hydroxyl groups is 4. The van der Waals surface area contributed by atoms with Gasteiger partial charge in [-0.1, -0.05) is 46.4 Å². The summed E-state index contributed by atoms with van der Waals surface area (Å²) >= 11 is 0. The molecule has 0 unspecified atom stereocenters. The van der Waals surface area contributed by atoms with Crippen molar-refractivity contribution in [2.45, 2.75) is 111 Å². The summed E-state index contributed by atoms with van der Waals surface area (Å²) in [7, 11) is 0. The van der Waals surface area contributed by atoms with E-state index in [0.29, 0.717) is 33.8 Å². The van der Waals surface area contributed by atoms with Crippen molar-refractivity contribution in [3.63, 3.8) is 0 Å². The third kappa shape index (κ3) is 3.06. The first kappa shape index (κ1) is 25.9. The van der Waals surface area contributed by atoms with E-state index in [1.165, 1.54) is 32.1 Å². The molecule has 11 atom stereocenters. The summed E-state index contributed by atoms with van der Waals surface area (Å²) in [6, 6.07) is 0. The van der Waals surface area contributed by atoms with Crippen LogP contribution in [0.25, 0.3) is 0 Å². The summed E-state index contributed by atoms with van der Waals surface area (Å²) in [4.78, 5) is 0. The van der Waals surface area contributed by atoms with Crippen LogP contribution >= 0.6 is 0 Å². The molecule has 5 saturated carbocycles. The summed E-state index contributed by atoms with van der Waals surface area (Å²) in [5.41, 5.74) is 2.16. The molecule has 0 aromatic heterocycles. The molecule has 4 N–H and O–H groups in total. The zero-order chi connectivity index (χ0) is 25.8. The van der Waals surface area contributed by atoms with Crippen LogP contribution in [0.5, 0.6) is 0 Å². The fourth-order valence-corrected chi connectivity index (χ4v) is 11.2. The standard InChI is InChI=1S/C31H50O4/c1-18(2)19(3)25(34)26(35)20(16-32)21-10-12-29(7)23-9-8-22-27(4,5)24(33)11-13-30(22)17-31(23,30)15-14-28(21,29)6/h20-26,32-35H,1,3,8-17H2,2,4-7H3/t20-,21+,22-,23+,24-,25-,26+,28+,29-,30+,31-/m0/s1. The van der Waals surface area contributed by atoms with E-state index in [1.54, 1.807) is 6.92 Å². The highest BCUT2D eigenvalue weighted by atomic mass is 16.3. The van der Waals surface area contributed by atoms with Crippen LogP contribution in [0.4, 0.5) is 0 Å². The SMILES string of the molecule is C=C(C)C(=C)[C@H](O)[C@H](O)[C@@H](CO)[C@H]1CC[C@@]2(C)[C@H]3CC[C@H]4C(C)(C)[C@@H](O)CC[C@@]45C[C@@]35CC[C@]12C. The Morgan fingerprint density at radius 2 is 1.49 bits per heavy atom. The van der Waals surface area contributed by atoms with E-state index < -0.39 is 12.2 Å². The Bertz CT molecular complexity index is 910. The molecule has 0 saturated heterocycles. The summed E-state index contributed by atoms with van der Waals surface area (Å²) in [6.07, 6.45) is 8.11. The minimum Gasteiger partial charge on any atom is -0.396 e. The van der Waals surface area contributed by atoms with Gasteiger partial charge >= 0.3 is 0 Å². The molecule has 198 valence electrons. The Balaban J connectivity index is 1.44. The number of fused-ring (bicyclic) bond motifs is 2. The first-order valence-electron chi connectivity index (χ1n) is 14.2. The molecule has 2 spiro atoms. The number of rotatable bonds is 6. The minimum atomic E-state index is -1.09. The van der Waals surface area contributed by atoms with Gasteiger partial charge in [0.2, 0.25) is 0 Å². The van der Waals surface area contributed by atoms with Crippen molar-refractivity contribution < 1.29 is 20.4 Å². The molecule has 35 heavy (non-hydrogen) atoms. The lowest BCUT2D eigenvalue weighted by Crippen LogP contribution is -2.58. The second-order valence-corrected chi connectivity index (χ2v) is 14.6. The van der Waals surface area contributed by atoms with Crippen LogP contribution in [0.3, 0.4) is 0 Å². The van der Waals surface area contributed by atoms with E-state index >= 15 is 0 Å². The molecule has 0 heterocycles. The van der Waals surface area contributed by atoms with Gasteiger partial charge in [0.15, 0.2) is 0 Å². The summed E-state index contributed by atoms with van der Waals surface area (Å²) in [5.74, 6) is 1.10. The Morgan fingerprint density at radius 3 is 2.11 bits per heavy atom. The average Bonchev–Trinajstić information content (AvgIpc) is 3.40. The highest BCUT2D eigenvalue weighted by molar-refractivity contribution is 5.31. The molecule has 5 rings (SSSR count). The molecule has 0 aromatic rings. The Hall–Kier alpha value is -0.680. The maximum atomic E-state index is 11.2. The first-order valence-corrected chi connectivity index (χ1v) is 14.2. The van der Waals surface area contributed by atoms with E-state index in [4.69, 9.17) is 0 Å². The molecule has 0 bridgehead atoms. The summed E-state index contributed by atoms with van der Waals surface area (Å²) < 4.78 is 0. The van der Waals surface area contributed by atoms with Crippen molar-refractivity contribution in [2.24, 2.45) is 50.7 Å². The van der Waals surface area contributed by atoms with E-state index in [2.05, 4.69) is 40.9 Å². The lowest BCUT2D eigenvalue weighted by molar-refractivity contribution is -0.168. The maximum Gasteiger partial charge on any atom is 0.105 e. The smallest absolute Gasteiger partial charge is 0.105 e. The van der Waals surface area contributed by atoms with Crippen molar-refractivity contribution >= 4 is 0 Å². The average molecular weight is 487 g/mol. The largest absolute Gasteiger partial charge is 0.396 e. The van der Waals surface area contributed by atoms with Crippen LogP contribution in [-0.2, 0) is 0 Å². The van der Waals surface area contributed by atoms with Gasteiger partial charge in [-0.15, -0.1) is 0 Å². The third-order valence-corrected chi connectivity index (χ3v) is 13.5. The van der Waals surface area contributed by atoms with Crippen LogP contribution in [0.15, 0.2) is 24.3 Å². The molecular formula is C31H50O4. The second kappa shape index (κ2) is 7.91. The molecular weight excluding hydrogens is 436 g/mol. The summed E-state index contributed by atoms with van der Waals surface area (Å²) in [6.45, 7) is 19.1. The van der Waals surface area contributed by atoms with Crippen LogP contribution < -0.4 is 0 Å². The van der Waals surface area contributed by atoms with E-state index in [0.717, 1.165) is 25.7 Å². The molecule has 0 radical (unpaired) electrons. The Morgan fingerprint density at radius 1 is 0.857 bits per heavy atom. The van der Waals surface area contributed by atoms with Gasteiger partial charge in [0, 0.05) is 12.5 Å². The van der Waals surface area contributed by atoms with Gasteiger partial charge in [0.1, 0.15) is 6.10 Å². The van der Waals surface area contributed by atoms with Crippen molar-refractivity contribution in [2.75, 3.05) is 6.61 Å².